The minimum absolute atomic E-state index is 0.361. The van der Waals surface area contributed by atoms with E-state index in [2.05, 4.69) is 20.8 Å². The summed E-state index contributed by atoms with van der Waals surface area (Å²) in [5.74, 6) is 0.769. The molecule has 15 heavy (non-hydrogen) atoms. The van der Waals surface area contributed by atoms with Crippen LogP contribution in [0.2, 0.25) is 0 Å². The van der Waals surface area contributed by atoms with Crippen LogP contribution >= 0.6 is 0 Å². The maximum absolute atomic E-state index is 6.02. The Bertz CT molecular complexity index is 187. The van der Waals surface area contributed by atoms with Crippen molar-refractivity contribution in [1.82, 2.24) is 0 Å². The summed E-state index contributed by atoms with van der Waals surface area (Å²) in [7, 11) is 0. The zero-order chi connectivity index (χ0) is 11.5. The topological polar surface area (TPSA) is 18.5 Å². The van der Waals surface area contributed by atoms with Crippen molar-refractivity contribution in [3.05, 3.63) is 0 Å². The van der Waals surface area contributed by atoms with Crippen LogP contribution in [0.1, 0.15) is 53.9 Å². The van der Waals surface area contributed by atoms with Crippen molar-refractivity contribution < 1.29 is 9.47 Å². The lowest BCUT2D eigenvalue weighted by Gasteiger charge is -2.43. The molecule has 0 amide bonds. The molecule has 0 aliphatic carbocycles. The van der Waals surface area contributed by atoms with E-state index < -0.39 is 5.79 Å². The van der Waals surface area contributed by atoms with Gasteiger partial charge < -0.3 is 9.47 Å². The predicted molar refractivity (Wildman–Crippen MR) is 62.8 cm³/mol. The predicted octanol–water partition coefficient (Wildman–Crippen LogP) is 3.60. The van der Waals surface area contributed by atoms with E-state index in [9.17, 15) is 0 Å². The Kier molecular flexibility index (Phi) is 4.60. The highest BCUT2D eigenvalue weighted by molar-refractivity contribution is 4.79. The lowest BCUT2D eigenvalue weighted by Crippen LogP contribution is -2.47. The molecule has 0 radical (unpaired) electrons. The first-order valence-corrected chi connectivity index (χ1v) is 6.28. The Morgan fingerprint density at radius 3 is 2.53 bits per heavy atom. The van der Waals surface area contributed by atoms with E-state index >= 15 is 0 Å². The van der Waals surface area contributed by atoms with Crippen molar-refractivity contribution in [3.8, 4) is 0 Å². The fraction of sp³-hybridized carbons (Fsp3) is 1.00. The summed E-state index contributed by atoms with van der Waals surface area (Å²) in [6, 6.07) is 0. The third-order valence-corrected chi connectivity index (χ3v) is 3.12. The maximum Gasteiger partial charge on any atom is 0.163 e. The molecule has 2 atom stereocenters. The van der Waals surface area contributed by atoms with Gasteiger partial charge in [-0.2, -0.15) is 0 Å². The zero-order valence-corrected chi connectivity index (χ0v) is 10.9. The molecule has 0 saturated carbocycles. The normalized spacial score (nSPS) is 30.8. The second-order valence-corrected chi connectivity index (χ2v) is 5.44. The molecular weight excluding hydrogens is 188 g/mol. The molecule has 0 aromatic heterocycles. The number of hydrogen-bond donors (Lipinski definition) is 0. The van der Waals surface area contributed by atoms with Gasteiger partial charge in [0.25, 0.3) is 0 Å². The van der Waals surface area contributed by atoms with Crippen molar-refractivity contribution in [2.45, 2.75) is 65.8 Å². The summed E-state index contributed by atoms with van der Waals surface area (Å²) in [5.41, 5.74) is 0. The molecule has 0 aromatic carbocycles. The molecule has 1 fully saturated rings. The van der Waals surface area contributed by atoms with Gasteiger partial charge in [-0.3, -0.25) is 0 Å². The summed E-state index contributed by atoms with van der Waals surface area (Å²) < 4.78 is 11.8. The van der Waals surface area contributed by atoms with Gasteiger partial charge in [0, 0.05) is 5.92 Å². The first-order chi connectivity index (χ1) is 6.96. The van der Waals surface area contributed by atoms with Gasteiger partial charge in [0.1, 0.15) is 0 Å². The summed E-state index contributed by atoms with van der Waals surface area (Å²) in [4.78, 5) is 0. The molecule has 0 bridgehead atoms. The average molecular weight is 214 g/mol. The monoisotopic (exact) mass is 214 g/mol. The molecule has 0 unspecified atom stereocenters. The Balaban J connectivity index is 2.55. The van der Waals surface area contributed by atoms with Gasteiger partial charge in [0.2, 0.25) is 0 Å². The van der Waals surface area contributed by atoms with E-state index in [1.807, 2.05) is 13.8 Å². The van der Waals surface area contributed by atoms with Crippen LogP contribution in [0.15, 0.2) is 0 Å². The molecule has 1 heterocycles. The first-order valence-electron chi connectivity index (χ1n) is 6.28. The minimum Gasteiger partial charge on any atom is -0.350 e. The van der Waals surface area contributed by atoms with Crippen molar-refractivity contribution in [2.24, 2.45) is 11.8 Å². The van der Waals surface area contributed by atoms with Crippen LogP contribution in [0.3, 0.4) is 0 Å². The molecule has 1 rings (SSSR count). The van der Waals surface area contributed by atoms with Gasteiger partial charge in [0.15, 0.2) is 5.79 Å². The number of rotatable bonds is 4. The molecule has 1 saturated heterocycles. The van der Waals surface area contributed by atoms with Gasteiger partial charge in [-0.1, -0.05) is 33.6 Å². The van der Waals surface area contributed by atoms with Crippen LogP contribution in [0.5, 0.6) is 0 Å². The van der Waals surface area contributed by atoms with Crippen LogP contribution < -0.4 is 0 Å². The Morgan fingerprint density at radius 1 is 1.33 bits per heavy atom. The van der Waals surface area contributed by atoms with Crippen molar-refractivity contribution in [1.29, 1.82) is 0 Å². The van der Waals surface area contributed by atoms with E-state index in [4.69, 9.17) is 9.47 Å². The fourth-order valence-corrected chi connectivity index (χ4v) is 2.25. The quantitative estimate of drug-likeness (QED) is 0.712. The third kappa shape index (κ3) is 3.76. The van der Waals surface area contributed by atoms with Crippen molar-refractivity contribution in [3.63, 3.8) is 0 Å². The van der Waals surface area contributed by atoms with E-state index in [1.54, 1.807) is 0 Å². The summed E-state index contributed by atoms with van der Waals surface area (Å²) in [5, 5.41) is 0. The van der Waals surface area contributed by atoms with Crippen molar-refractivity contribution >= 4 is 0 Å². The van der Waals surface area contributed by atoms with E-state index in [0.717, 1.165) is 6.61 Å². The molecule has 90 valence electrons. The zero-order valence-electron chi connectivity index (χ0n) is 10.9. The van der Waals surface area contributed by atoms with Gasteiger partial charge in [-0.25, -0.2) is 0 Å². The summed E-state index contributed by atoms with van der Waals surface area (Å²) >= 11 is 0. The van der Waals surface area contributed by atoms with Gasteiger partial charge in [0.05, 0.1) is 12.7 Å². The second-order valence-electron chi connectivity index (χ2n) is 5.44. The van der Waals surface area contributed by atoms with Crippen LogP contribution in [0.4, 0.5) is 0 Å². The Morgan fingerprint density at radius 2 is 2.00 bits per heavy atom. The van der Waals surface area contributed by atoms with E-state index in [-0.39, 0.29) is 0 Å². The van der Waals surface area contributed by atoms with Crippen LogP contribution in [0.25, 0.3) is 0 Å². The van der Waals surface area contributed by atoms with Crippen LogP contribution in [-0.2, 0) is 9.47 Å². The highest BCUT2D eigenvalue weighted by atomic mass is 16.7. The summed E-state index contributed by atoms with van der Waals surface area (Å²) in [6.45, 7) is 11.6. The Labute approximate surface area is 94.3 Å². The molecule has 0 spiro atoms. The second kappa shape index (κ2) is 5.31. The lowest BCUT2D eigenvalue weighted by molar-refractivity contribution is -0.301. The molecule has 1 aliphatic heterocycles. The number of unbranched alkanes of at least 4 members (excludes halogenated alkanes) is 1. The first kappa shape index (κ1) is 13.0. The minimum atomic E-state index is -0.391. The van der Waals surface area contributed by atoms with Crippen LogP contribution in [0, 0.1) is 11.8 Å². The average Bonchev–Trinajstić information content (AvgIpc) is 2.15. The van der Waals surface area contributed by atoms with Crippen LogP contribution in [-0.4, -0.2) is 18.5 Å². The van der Waals surface area contributed by atoms with Gasteiger partial charge in [-0.05, 0) is 26.2 Å². The highest BCUT2D eigenvalue weighted by Crippen LogP contribution is 2.32. The van der Waals surface area contributed by atoms with Gasteiger partial charge >= 0.3 is 0 Å². The van der Waals surface area contributed by atoms with Gasteiger partial charge in [-0.15, -0.1) is 0 Å². The number of ether oxygens (including phenoxy) is 2. The maximum atomic E-state index is 6.02. The van der Waals surface area contributed by atoms with E-state index in [0.29, 0.717) is 17.9 Å². The third-order valence-electron chi connectivity index (χ3n) is 3.12. The largest absolute Gasteiger partial charge is 0.350 e. The molecule has 0 N–H and O–H groups in total. The van der Waals surface area contributed by atoms with E-state index in [1.165, 1.54) is 19.3 Å². The van der Waals surface area contributed by atoms with Crippen molar-refractivity contribution in [2.75, 3.05) is 6.61 Å². The SMILES string of the molecule is CCCC[C@@H]1COC(C)(C)O[C@H]1C(C)C. The molecule has 0 aromatic rings. The fourth-order valence-electron chi connectivity index (χ4n) is 2.25. The standard InChI is InChI=1S/C13H26O2/c1-6-7-8-11-9-14-13(4,5)15-12(11)10(2)3/h10-12H,6-9H2,1-5H3/t11-,12+/m1/s1. The Hall–Kier alpha value is -0.0800. The molecular formula is C13H26O2. The highest BCUT2D eigenvalue weighted by Gasteiger charge is 2.37. The summed E-state index contributed by atoms with van der Waals surface area (Å²) in [6.07, 6.45) is 4.13. The molecule has 2 heteroatoms. The smallest absolute Gasteiger partial charge is 0.163 e. The molecule has 1 aliphatic rings. The number of hydrogen-bond acceptors (Lipinski definition) is 2. The lowest BCUT2D eigenvalue weighted by atomic mass is 9.88. The molecule has 2 nitrogen and oxygen atoms in total.